The smallest absolute Gasteiger partial charge is 0.191 e. The van der Waals surface area contributed by atoms with Crippen LogP contribution in [-0.2, 0) is 11.3 Å². The lowest BCUT2D eigenvalue weighted by atomic mass is 10.1. The summed E-state index contributed by atoms with van der Waals surface area (Å²) in [6.45, 7) is 14.0. The maximum atomic E-state index is 5.41. The SMILES string of the molecule is CCNC(=NCc1ccccc1C)NCC(C)CN1CCOCC1.I. The van der Waals surface area contributed by atoms with E-state index in [9.17, 15) is 0 Å². The molecule has 2 N–H and O–H groups in total. The summed E-state index contributed by atoms with van der Waals surface area (Å²) in [5.74, 6) is 1.47. The zero-order valence-electron chi connectivity index (χ0n) is 15.8. The van der Waals surface area contributed by atoms with Gasteiger partial charge in [0.25, 0.3) is 0 Å². The lowest BCUT2D eigenvalue weighted by Gasteiger charge is -2.29. The van der Waals surface area contributed by atoms with E-state index < -0.39 is 0 Å². The maximum absolute atomic E-state index is 5.41. The van der Waals surface area contributed by atoms with Crippen molar-refractivity contribution in [1.29, 1.82) is 0 Å². The van der Waals surface area contributed by atoms with E-state index in [1.54, 1.807) is 0 Å². The number of ether oxygens (including phenoxy) is 1. The number of benzene rings is 1. The highest BCUT2D eigenvalue weighted by atomic mass is 127. The van der Waals surface area contributed by atoms with Crippen LogP contribution in [0, 0.1) is 12.8 Å². The molecule has 2 rings (SSSR count). The Morgan fingerprint density at radius 3 is 2.64 bits per heavy atom. The van der Waals surface area contributed by atoms with Crippen LogP contribution in [0.3, 0.4) is 0 Å². The van der Waals surface area contributed by atoms with E-state index in [0.29, 0.717) is 12.5 Å². The lowest BCUT2D eigenvalue weighted by molar-refractivity contribution is 0.0320. The highest BCUT2D eigenvalue weighted by molar-refractivity contribution is 14.0. The van der Waals surface area contributed by atoms with E-state index in [4.69, 9.17) is 9.73 Å². The molecule has 1 aromatic carbocycles. The summed E-state index contributed by atoms with van der Waals surface area (Å²) in [5, 5.41) is 6.82. The van der Waals surface area contributed by atoms with Gasteiger partial charge in [0.2, 0.25) is 0 Å². The lowest BCUT2D eigenvalue weighted by Crippen LogP contribution is -2.44. The van der Waals surface area contributed by atoms with Gasteiger partial charge in [-0.2, -0.15) is 0 Å². The fraction of sp³-hybridized carbons (Fsp3) is 0.632. The molecule has 0 aromatic heterocycles. The molecule has 1 aliphatic rings. The van der Waals surface area contributed by atoms with Crippen molar-refractivity contribution in [1.82, 2.24) is 15.5 Å². The van der Waals surface area contributed by atoms with E-state index in [1.165, 1.54) is 11.1 Å². The molecule has 0 amide bonds. The summed E-state index contributed by atoms with van der Waals surface area (Å²) in [6.07, 6.45) is 0. The molecule has 5 nitrogen and oxygen atoms in total. The molecular formula is C19H33IN4O. The maximum Gasteiger partial charge on any atom is 0.191 e. The molecule has 1 unspecified atom stereocenters. The minimum absolute atomic E-state index is 0. The monoisotopic (exact) mass is 460 g/mol. The Hall–Kier alpha value is -0.860. The Kier molecular flexibility index (Phi) is 11.1. The fourth-order valence-corrected chi connectivity index (χ4v) is 2.85. The molecule has 25 heavy (non-hydrogen) atoms. The average Bonchev–Trinajstić information content (AvgIpc) is 2.59. The van der Waals surface area contributed by atoms with Crippen LogP contribution in [0.2, 0.25) is 0 Å². The highest BCUT2D eigenvalue weighted by Gasteiger charge is 2.13. The van der Waals surface area contributed by atoms with Crippen LogP contribution >= 0.6 is 24.0 Å². The second kappa shape index (κ2) is 12.5. The van der Waals surface area contributed by atoms with Crippen molar-refractivity contribution in [3.8, 4) is 0 Å². The molecule has 1 fully saturated rings. The largest absolute Gasteiger partial charge is 0.379 e. The molecule has 0 aliphatic carbocycles. The third-order valence-electron chi connectivity index (χ3n) is 4.30. The zero-order valence-corrected chi connectivity index (χ0v) is 18.1. The topological polar surface area (TPSA) is 48.9 Å². The normalized spacial score (nSPS) is 16.8. The van der Waals surface area contributed by atoms with Gasteiger partial charge in [0.15, 0.2) is 5.96 Å². The Morgan fingerprint density at radius 2 is 1.96 bits per heavy atom. The number of hydrogen-bond donors (Lipinski definition) is 2. The van der Waals surface area contributed by atoms with Crippen molar-refractivity contribution < 1.29 is 4.74 Å². The van der Waals surface area contributed by atoms with Gasteiger partial charge in [0.1, 0.15) is 0 Å². The van der Waals surface area contributed by atoms with Gasteiger partial charge in [-0.15, -0.1) is 24.0 Å². The minimum Gasteiger partial charge on any atom is -0.379 e. The van der Waals surface area contributed by atoms with Gasteiger partial charge in [0, 0.05) is 32.7 Å². The van der Waals surface area contributed by atoms with E-state index in [0.717, 1.165) is 51.9 Å². The molecule has 0 radical (unpaired) electrons. The molecule has 1 saturated heterocycles. The van der Waals surface area contributed by atoms with Crippen molar-refractivity contribution in [3.05, 3.63) is 35.4 Å². The van der Waals surface area contributed by atoms with Crippen LogP contribution in [0.15, 0.2) is 29.3 Å². The van der Waals surface area contributed by atoms with E-state index in [2.05, 4.69) is 60.6 Å². The molecule has 1 aliphatic heterocycles. The summed E-state index contributed by atoms with van der Waals surface area (Å²) in [6, 6.07) is 8.42. The number of nitrogens with zero attached hydrogens (tertiary/aromatic N) is 2. The predicted molar refractivity (Wildman–Crippen MR) is 116 cm³/mol. The Morgan fingerprint density at radius 1 is 1.24 bits per heavy atom. The molecule has 1 heterocycles. The molecule has 142 valence electrons. The average molecular weight is 460 g/mol. The van der Waals surface area contributed by atoms with Gasteiger partial charge in [-0.25, -0.2) is 4.99 Å². The van der Waals surface area contributed by atoms with Crippen molar-refractivity contribution in [3.63, 3.8) is 0 Å². The van der Waals surface area contributed by atoms with Crippen LogP contribution in [0.25, 0.3) is 0 Å². The van der Waals surface area contributed by atoms with Gasteiger partial charge in [-0.3, -0.25) is 4.90 Å². The summed E-state index contributed by atoms with van der Waals surface area (Å²) < 4.78 is 5.41. The van der Waals surface area contributed by atoms with Crippen molar-refractivity contribution in [2.45, 2.75) is 27.3 Å². The van der Waals surface area contributed by atoms with Gasteiger partial charge in [0.05, 0.1) is 19.8 Å². The Balaban J connectivity index is 0.00000312. The van der Waals surface area contributed by atoms with Crippen molar-refractivity contribution >= 4 is 29.9 Å². The van der Waals surface area contributed by atoms with Gasteiger partial charge < -0.3 is 15.4 Å². The van der Waals surface area contributed by atoms with Crippen molar-refractivity contribution in [2.24, 2.45) is 10.9 Å². The first-order chi connectivity index (χ1) is 11.7. The van der Waals surface area contributed by atoms with E-state index in [-0.39, 0.29) is 24.0 Å². The third-order valence-corrected chi connectivity index (χ3v) is 4.30. The summed E-state index contributed by atoms with van der Waals surface area (Å²) in [5.41, 5.74) is 2.56. The summed E-state index contributed by atoms with van der Waals surface area (Å²) >= 11 is 0. The van der Waals surface area contributed by atoms with Gasteiger partial charge >= 0.3 is 0 Å². The number of hydrogen-bond acceptors (Lipinski definition) is 3. The number of nitrogens with one attached hydrogen (secondary N) is 2. The molecule has 1 atom stereocenters. The number of rotatable bonds is 7. The molecule has 0 spiro atoms. The first-order valence-corrected chi connectivity index (χ1v) is 9.05. The third kappa shape index (κ3) is 8.37. The highest BCUT2D eigenvalue weighted by Crippen LogP contribution is 2.08. The van der Waals surface area contributed by atoms with Crippen LogP contribution in [0.1, 0.15) is 25.0 Å². The Labute approximate surface area is 169 Å². The molecule has 6 heteroatoms. The predicted octanol–water partition coefficient (Wildman–Crippen LogP) is 2.64. The van der Waals surface area contributed by atoms with Gasteiger partial charge in [-0.1, -0.05) is 31.2 Å². The second-order valence-electron chi connectivity index (χ2n) is 6.52. The number of guanidine groups is 1. The summed E-state index contributed by atoms with van der Waals surface area (Å²) in [7, 11) is 0. The number of morpholine rings is 1. The Bertz CT molecular complexity index is 518. The van der Waals surface area contributed by atoms with E-state index in [1.807, 2.05) is 0 Å². The molecule has 0 saturated carbocycles. The van der Waals surface area contributed by atoms with Crippen molar-refractivity contribution in [2.75, 3.05) is 45.9 Å². The van der Waals surface area contributed by atoms with Crippen LogP contribution in [-0.4, -0.2) is 56.8 Å². The fourth-order valence-electron chi connectivity index (χ4n) is 2.85. The molecule has 0 bridgehead atoms. The van der Waals surface area contributed by atoms with Crippen LogP contribution in [0.4, 0.5) is 0 Å². The van der Waals surface area contributed by atoms with Gasteiger partial charge in [-0.05, 0) is 30.9 Å². The summed E-state index contributed by atoms with van der Waals surface area (Å²) in [4.78, 5) is 7.20. The zero-order chi connectivity index (χ0) is 17.2. The number of halogens is 1. The second-order valence-corrected chi connectivity index (χ2v) is 6.52. The van der Waals surface area contributed by atoms with Crippen LogP contribution < -0.4 is 10.6 Å². The molecule has 1 aromatic rings. The number of aryl methyl sites for hydroxylation is 1. The minimum atomic E-state index is 0. The number of aliphatic imine (C=N–C) groups is 1. The molecular weight excluding hydrogens is 427 g/mol. The van der Waals surface area contributed by atoms with E-state index >= 15 is 0 Å². The standard InChI is InChI=1S/C19H32N4O.HI/c1-4-20-19(22-14-18-8-6-5-7-17(18)3)21-13-16(2)15-23-9-11-24-12-10-23;/h5-8,16H,4,9-15H2,1-3H3,(H2,20,21,22);1H. The first-order valence-electron chi connectivity index (χ1n) is 9.05. The quantitative estimate of drug-likeness (QED) is 0.373. The van der Waals surface area contributed by atoms with Crippen LogP contribution in [0.5, 0.6) is 0 Å². The first kappa shape index (κ1) is 22.2.